The zero-order valence-electron chi connectivity index (χ0n) is 12.6. The molecule has 6 nitrogen and oxygen atoms in total. The Morgan fingerprint density at radius 2 is 1.95 bits per heavy atom. The van der Waals surface area contributed by atoms with Gasteiger partial charge in [0.05, 0.1) is 0 Å². The van der Waals surface area contributed by atoms with E-state index in [2.05, 4.69) is 4.98 Å². The van der Waals surface area contributed by atoms with Gasteiger partial charge in [-0.2, -0.15) is 0 Å². The normalized spacial score (nSPS) is 15.6. The molecular weight excluding hydrogens is 329 g/mol. The lowest BCUT2D eigenvalue weighted by Crippen LogP contribution is -2.39. The lowest BCUT2D eigenvalue weighted by Gasteiger charge is -2.31. The van der Waals surface area contributed by atoms with Crippen LogP contribution in [0.1, 0.15) is 49.6 Å². The summed E-state index contributed by atoms with van der Waals surface area (Å²) in [6.07, 6.45) is 5.40. The molecule has 1 amide bonds. The van der Waals surface area contributed by atoms with E-state index in [1.54, 1.807) is 11.9 Å². The third-order valence-corrected chi connectivity index (χ3v) is 4.64. The van der Waals surface area contributed by atoms with Crippen molar-refractivity contribution >= 4 is 35.1 Å². The zero-order chi connectivity index (χ0) is 16.3. The Morgan fingerprint density at radius 1 is 1.32 bits per heavy atom. The van der Waals surface area contributed by atoms with Crippen LogP contribution in [0.15, 0.2) is 0 Å². The molecule has 122 valence electrons. The van der Waals surface area contributed by atoms with Gasteiger partial charge in [0.25, 0.3) is 5.91 Å². The molecule has 8 heteroatoms. The molecule has 1 aromatic rings. The zero-order valence-corrected chi connectivity index (χ0v) is 14.2. The van der Waals surface area contributed by atoms with Crippen molar-refractivity contribution in [2.45, 2.75) is 51.8 Å². The second-order valence-electron chi connectivity index (χ2n) is 5.42. The van der Waals surface area contributed by atoms with Crippen LogP contribution in [0, 0.1) is 0 Å². The maximum Gasteiger partial charge on any atom is 0.304 e. The SMILES string of the molecule is CC(=O)OCn1c(C(=O)N(C)C2CCCCC2)nc(Cl)c1Cl. The van der Waals surface area contributed by atoms with Gasteiger partial charge in [-0.05, 0) is 12.8 Å². The van der Waals surface area contributed by atoms with Crippen molar-refractivity contribution in [3.8, 4) is 0 Å². The summed E-state index contributed by atoms with van der Waals surface area (Å²) in [5.74, 6) is -0.655. The van der Waals surface area contributed by atoms with E-state index in [1.807, 2.05) is 0 Å². The quantitative estimate of drug-likeness (QED) is 0.785. The van der Waals surface area contributed by atoms with E-state index >= 15 is 0 Å². The fourth-order valence-electron chi connectivity index (χ4n) is 2.63. The largest absolute Gasteiger partial charge is 0.444 e. The molecule has 0 radical (unpaired) electrons. The van der Waals surface area contributed by atoms with Crippen LogP contribution in [-0.2, 0) is 16.3 Å². The number of amides is 1. The predicted octanol–water partition coefficient (Wildman–Crippen LogP) is 3.12. The molecule has 1 aromatic heterocycles. The summed E-state index contributed by atoms with van der Waals surface area (Å²) in [7, 11) is 1.75. The highest BCUT2D eigenvalue weighted by molar-refractivity contribution is 6.40. The summed E-state index contributed by atoms with van der Waals surface area (Å²) in [6.45, 7) is 1.09. The summed E-state index contributed by atoms with van der Waals surface area (Å²) in [4.78, 5) is 29.3. The van der Waals surface area contributed by atoms with Gasteiger partial charge in [-0.1, -0.05) is 42.5 Å². The van der Waals surface area contributed by atoms with E-state index in [-0.39, 0.29) is 34.8 Å². The Balaban J connectivity index is 2.20. The maximum atomic E-state index is 12.7. The number of nitrogens with zero attached hydrogens (tertiary/aromatic N) is 3. The van der Waals surface area contributed by atoms with Crippen molar-refractivity contribution in [1.29, 1.82) is 0 Å². The average Bonchev–Trinajstić information content (AvgIpc) is 2.80. The number of halogens is 2. The van der Waals surface area contributed by atoms with Crippen molar-refractivity contribution in [1.82, 2.24) is 14.5 Å². The summed E-state index contributed by atoms with van der Waals surface area (Å²) in [6, 6.07) is 0.192. The average molecular weight is 348 g/mol. The molecule has 1 heterocycles. The number of aromatic nitrogens is 2. The molecule has 0 aliphatic heterocycles. The second-order valence-corrected chi connectivity index (χ2v) is 6.13. The molecule has 0 N–H and O–H groups in total. The fourth-order valence-corrected chi connectivity index (χ4v) is 2.99. The van der Waals surface area contributed by atoms with Gasteiger partial charge in [-0.15, -0.1) is 0 Å². The number of ether oxygens (including phenoxy) is 1. The number of rotatable bonds is 4. The number of carbonyl (C=O) groups is 2. The third-order valence-electron chi connectivity index (χ3n) is 3.90. The molecule has 1 aliphatic carbocycles. The molecular formula is C14H19Cl2N3O3. The Labute approximate surface area is 139 Å². The molecule has 1 saturated carbocycles. The Morgan fingerprint density at radius 3 is 2.55 bits per heavy atom. The van der Waals surface area contributed by atoms with Gasteiger partial charge in [0, 0.05) is 20.0 Å². The molecule has 2 rings (SSSR count). The standard InChI is InChI=1S/C14H19Cl2N3O3/c1-9(20)22-8-19-12(16)11(15)17-13(19)14(21)18(2)10-6-4-3-5-7-10/h10H,3-8H2,1-2H3. The van der Waals surface area contributed by atoms with E-state index in [4.69, 9.17) is 27.9 Å². The molecule has 1 fully saturated rings. The highest BCUT2D eigenvalue weighted by atomic mass is 35.5. The van der Waals surface area contributed by atoms with Gasteiger partial charge in [0.2, 0.25) is 5.82 Å². The van der Waals surface area contributed by atoms with Crippen LogP contribution in [0.2, 0.25) is 10.3 Å². The number of esters is 1. The van der Waals surface area contributed by atoms with Crippen molar-refractivity contribution in [2.75, 3.05) is 7.05 Å². The fraction of sp³-hybridized carbons (Fsp3) is 0.643. The van der Waals surface area contributed by atoms with Gasteiger partial charge in [-0.25, -0.2) is 4.98 Å². The van der Waals surface area contributed by atoms with E-state index < -0.39 is 5.97 Å². The molecule has 1 aliphatic rings. The first-order chi connectivity index (χ1) is 10.4. The second kappa shape index (κ2) is 7.33. The number of imidazole rings is 1. The van der Waals surface area contributed by atoms with Gasteiger partial charge in [0.15, 0.2) is 17.0 Å². The van der Waals surface area contributed by atoms with Crippen LogP contribution in [0.25, 0.3) is 0 Å². The van der Waals surface area contributed by atoms with Crippen molar-refractivity contribution in [3.63, 3.8) is 0 Å². The number of hydrogen-bond acceptors (Lipinski definition) is 4. The van der Waals surface area contributed by atoms with E-state index in [0.717, 1.165) is 25.7 Å². The number of carbonyl (C=O) groups excluding carboxylic acids is 2. The van der Waals surface area contributed by atoms with Crippen LogP contribution < -0.4 is 0 Å². The smallest absolute Gasteiger partial charge is 0.304 e. The van der Waals surface area contributed by atoms with E-state index in [9.17, 15) is 9.59 Å². The van der Waals surface area contributed by atoms with Crippen LogP contribution in [0.5, 0.6) is 0 Å². The van der Waals surface area contributed by atoms with E-state index in [0.29, 0.717) is 0 Å². The molecule has 0 bridgehead atoms. The molecule has 0 atom stereocenters. The van der Waals surface area contributed by atoms with Gasteiger partial charge in [-0.3, -0.25) is 14.2 Å². The van der Waals surface area contributed by atoms with Crippen LogP contribution >= 0.6 is 23.2 Å². The van der Waals surface area contributed by atoms with E-state index in [1.165, 1.54) is 17.9 Å². The monoisotopic (exact) mass is 347 g/mol. The third kappa shape index (κ3) is 3.73. The van der Waals surface area contributed by atoms with Crippen LogP contribution in [0.4, 0.5) is 0 Å². The Bertz CT molecular complexity index is 568. The molecule has 0 spiro atoms. The minimum Gasteiger partial charge on any atom is -0.444 e. The number of hydrogen-bond donors (Lipinski definition) is 0. The van der Waals surface area contributed by atoms with Gasteiger partial charge < -0.3 is 9.64 Å². The first kappa shape index (κ1) is 17.1. The first-order valence-electron chi connectivity index (χ1n) is 7.24. The van der Waals surface area contributed by atoms with Crippen LogP contribution in [-0.4, -0.2) is 39.4 Å². The summed E-state index contributed by atoms with van der Waals surface area (Å²) in [5.41, 5.74) is 0. The highest BCUT2D eigenvalue weighted by Gasteiger charge is 2.28. The summed E-state index contributed by atoms with van der Waals surface area (Å²) < 4.78 is 6.22. The molecule has 0 unspecified atom stereocenters. The maximum absolute atomic E-state index is 12.7. The first-order valence-corrected chi connectivity index (χ1v) is 7.99. The lowest BCUT2D eigenvalue weighted by molar-refractivity contribution is -0.144. The van der Waals surface area contributed by atoms with Crippen molar-refractivity contribution < 1.29 is 14.3 Å². The van der Waals surface area contributed by atoms with Gasteiger partial charge >= 0.3 is 5.97 Å². The minimum absolute atomic E-state index is 0.0224. The predicted molar refractivity (Wildman–Crippen MR) is 83.0 cm³/mol. The summed E-state index contributed by atoms with van der Waals surface area (Å²) in [5, 5.41) is 0.109. The van der Waals surface area contributed by atoms with Crippen molar-refractivity contribution in [2.24, 2.45) is 0 Å². The lowest BCUT2D eigenvalue weighted by atomic mass is 9.94. The molecule has 22 heavy (non-hydrogen) atoms. The molecule has 0 aromatic carbocycles. The minimum atomic E-state index is -0.472. The summed E-state index contributed by atoms with van der Waals surface area (Å²) >= 11 is 11.9. The van der Waals surface area contributed by atoms with Gasteiger partial charge in [0.1, 0.15) is 0 Å². The Hall–Kier alpha value is -1.27. The van der Waals surface area contributed by atoms with Crippen molar-refractivity contribution in [3.05, 3.63) is 16.1 Å². The highest BCUT2D eigenvalue weighted by Crippen LogP contribution is 2.26. The van der Waals surface area contributed by atoms with Crippen LogP contribution in [0.3, 0.4) is 0 Å². The Kier molecular flexibility index (Phi) is 5.69. The molecule has 0 saturated heterocycles. The topological polar surface area (TPSA) is 64.4 Å².